The standard InChI is InChI=1S/C10H8FO/c1-8(12)5-6-9-3-2-4-10(11)7-9/h2-3,7-8,12H,1H3. The molecule has 0 heterocycles. The zero-order chi connectivity index (χ0) is 8.97. The van der Waals surface area contributed by atoms with Gasteiger partial charge < -0.3 is 5.11 Å². The van der Waals surface area contributed by atoms with Gasteiger partial charge in [0.15, 0.2) is 0 Å². The van der Waals surface area contributed by atoms with E-state index in [2.05, 4.69) is 17.9 Å². The van der Waals surface area contributed by atoms with Crippen LogP contribution in [-0.2, 0) is 0 Å². The van der Waals surface area contributed by atoms with Crippen LogP contribution in [0.25, 0.3) is 0 Å². The number of aliphatic hydroxyl groups excluding tert-OH is 1. The van der Waals surface area contributed by atoms with E-state index in [4.69, 9.17) is 5.11 Å². The lowest BCUT2D eigenvalue weighted by Crippen LogP contribution is -1.92. The quantitative estimate of drug-likeness (QED) is 0.572. The second kappa shape index (κ2) is 3.89. The summed E-state index contributed by atoms with van der Waals surface area (Å²) < 4.78 is 12.5. The Labute approximate surface area is 70.9 Å². The van der Waals surface area contributed by atoms with E-state index in [0.29, 0.717) is 5.56 Å². The number of benzene rings is 1. The maximum atomic E-state index is 12.5. The third-order valence-electron chi connectivity index (χ3n) is 1.19. The Morgan fingerprint density at radius 2 is 2.42 bits per heavy atom. The van der Waals surface area contributed by atoms with E-state index in [1.54, 1.807) is 13.0 Å². The van der Waals surface area contributed by atoms with Gasteiger partial charge in [0.05, 0.1) is 0 Å². The van der Waals surface area contributed by atoms with Crippen LogP contribution in [-0.4, -0.2) is 11.2 Å². The van der Waals surface area contributed by atoms with E-state index < -0.39 is 11.9 Å². The first-order valence-corrected chi connectivity index (χ1v) is 3.55. The predicted molar refractivity (Wildman–Crippen MR) is 43.8 cm³/mol. The molecule has 0 aliphatic rings. The molecule has 1 nitrogen and oxygen atoms in total. The molecule has 0 spiro atoms. The van der Waals surface area contributed by atoms with E-state index in [1.165, 1.54) is 12.1 Å². The molecule has 0 saturated carbocycles. The summed E-state index contributed by atoms with van der Waals surface area (Å²) in [4.78, 5) is 0. The Kier molecular flexibility index (Phi) is 2.84. The predicted octanol–water partition coefficient (Wildman–Crippen LogP) is 1.36. The number of halogens is 1. The van der Waals surface area contributed by atoms with Crippen LogP contribution in [0, 0.1) is 23.7 Å². The van der Waals surface area contributed by atoms with Gasteiger partial charge in [-0.15, -0.1) is 0 Å². The third kappa shape index (κ3) is 2.73. The fourth-order valence-electron chi connectivity index (χ4n) is 0.703. The Morgan fingerprint density at radius 1 is 1.67 bits per heavy atom. The van der Waals surface area contributed by atoms with E-state index in [1.807, 2.05) is 0 Å². The summed E-state index contributed by atoms with van der Waals surface area (Å²) >= 11 is 0. The molecule has 1 atom stereocenters. The minimum Gasteiger partial charge on any atom is -0.381 e. The highest BCUT2D eigenvalue weighted by atomic mass is 19.1. The minimum atomic E-state index is -0.683. The molecule has 61 valence electrons. The SMILES string of the molecule is CC(O)C#Cc1cc[c]c(F)c1. The van der Waals surface area contributed by atoms with E-state index >= 15 is 0 Å². The Balaban J connectivity index is 2.85. The largest absolute Gasteiger partial charge is 0.381 e. The van der Waals surface area contributed by atoms with Gasteiger partial charge in [0.25, 0.3) is 0 Å². The Morgan fingerprint density at radius 3 is 3.00 bits per heavy atom. The molecule has 0 saturated heterocycles. The Bertz CT molecular complexity index is 320. The molecule has 1 unspecified atom stereocenters. The molecular formula is C10H8FO. The molecule has 0 fully saturated rings. The summed E-state index contributed by atoms with van der Waals surface area (Å²) in [5.74, 6) is 4.70. The number of aliphatic hydroxyl groups is 1. The van der Waals surface area contributed by atoms with Crippen LogP contribution < -0.4 is 0 Å². The summed E-state index contributed by atoms with van der Waals surface area (Å²) in [6.07, 6.45) is -0.683. The molecule has 0 aliphatic heterocycles. The highest BCUT2D eigenvalue weighted by Gasteiger charge is 1.90. The van der Waals surface area contributed by atoms with Crippen molar-refractivity contribution in [1.82, 2.24) is 0 Å². The van der Waals surface area contributed by atoms with Crippen molar-refractivity contribution in [1.29, 1.82) is 0 Å². The van der Waals surface area contributed by atoms with Crippen LogP contribution in [0.15, 0.2) is 18.2 Å². The first-order chi connectivity index (χ1) is 5.68. The van der Waals surface area contributed by atoms with Crippen molar-refractivity contribution >= 4 is 0 Å². The molecule has 1 aromatic carbocycles. The van der Waals surface area contributed by atoms with Crippen LogP contribution in [0.2, 0.25) is 0 Å². The van der Waals surface area contributed by atoms with Crippen molar-refractivity contribution in [2.24, 2.45) is 0 Å². The summed E-state index contributed by atoms with van der Waals surface area (Å²) in [6, 6.07) is 6.73. The topological polar surface area (TPSA) is 20.2 Å². The number of rotatable bonds is 0. The van der Waals surface area contributed by atoms with Gasteiger partial charge in [-0.2, -0.15) is 0 Å². The van der Waals surface area contributed by atoms with Gasteiger partial charge in [-0.05, 0) is 19.1 Å². The molecule has 1 N–H and O–H groups in total. The molecule has 0 aliphatic carbocycles. The molecule has 0 amide bonds. The fourth-order valence-corrected chi connectivity index (χ4v) is 0.703. The Hall–Kier alpha value is -1.33. The second-order valence-corrected chi connectivity index (χ2v) is 2.37. The lowest BCUT2D eigenvalue weighted by atomic mass is 10.2. The first kappa shape index (κ1) is 8.76. The normalized spacial score (nSPS) is 11.6. The second-order valence-electron chi connectivity index (χ2n) is 2.37. The highest BCUT2D eigenvalue weighted by Crippen LogP contribution is 2.00. The van der Waals surface area contributed by atoms with Gasteiger partial charge in [0, 0.05) is 11.6 Å². The third-order valence-corrected chi connectivity index (χ3v) is 1.19. The van der Waals surface area contributed by atoms with Crippen LogP contribution >= 0.6 is 0 Å². The summed E-state index contributed by atoms with van der Waals surface area (Å²) in [6.45, 7) is 1.55. The van der Waals surface area contributed by atoms with Crippen molar-refractivity contribution in [3.63, 3.8) is 0 Å². The van der Waals surface area contributed by atoms with Crippen molar-refractivity contribution < 1.29 is 9.50 Å². The van der Waals surface area contributed by atoms with Gasteiger partial charge in [-0.3, -0.25) is 0 Å². The lowest BCUT2D eigenvalue weighted by molar-refractivity contribution is 0.253. The average Bonchev–Trinajstić information content (AvgIpc) is 2.01. The maximum absolute atomic E-state index is 12.5. The van der Waals surface area contributed by atoms with Gasteiger partial charge in [0.1, 0.15) is 11.9 Å². The zero-order valence-corrected chi connectivity index (χ0v) is 6.63. The zero-order valence-electron chi connectivity index (χ0n) is 6.63. The number of hydrogen-bond donors (Lipinski definition) is 1. The molecule has 0 bridgehead atoms. The molecule has 0 aromatic heterocycles. The van der Waals surface area contributed by atoms with Crippen LogP contribution in [0.4, 0.5) is 4.39 Å². The lowest BCUT2D eigenvalue weighted by Gasteiger charge is -1.90. The van der Waals surface area contributed by atoms with Gasteiger partial charge in [-0.25, -0.2) is 4.39 Å². The van der Waals surface area contributed by atoms with Crippen LogP contribution in [0.3, 0.4) is 0 Å². The first-order valence-electron chi connectivity index (χ1n) is 3.55. The van der Waals surface area contributed by atoms with Crippen molar-refractivity contribution in [2.75, 3.05) is 0 Å². The molecular weight excluding hydrogens is 155 g/mol. The molecule has 1 rings (SSSR count). The van der Waals surface area contributed by atoms with Crippen LogP contribution in [0.1, 0.15) is 12.5 Å². The highest BCUT2D eigenvalue weighted by molar-refractivity contribution is 5.34. The molecule has 1 radical (unpaired) electrons. The van der Waals surface area contributed by atoms with E-state index in [9.17, 15) is 4.39 Å². The molecule has 1 aromatic rings. The smallest absolute Gasteiger partial charge is 0.132 e. The van der Waals surface area contributed by atoms with E-state index in [0.717, 1.165) is 0 Å². The monoisotopic (exact) mass is 163 g/mol. The van der Waals surface area contributed by atoms with Gasteiger partial charge in [0.2, 0.25) is 0 Å². The average molecular weight is 163 g/mol. The summed E-state index contributed by atoms with van der Waals surface area (Å²) in [7, 11) is 0. The van der Waals surface area contributed by atoms with Crippen LogP contribution in [0.5, 0.6) is 0 Å². The van der Waals surface area contributed by atoms with Gasteiger partial charge >= 0.3 is 0 Å². The fraction of sp³-hybridized carbons (Fsp3) is 0.200. The summed E-state index contributed by atoms with van der Waals surface area (Å²) in [5.41, 5.74) is 0.548. The molecule has 2 heteroatoms. The number of hydrogen-bond acceptors (Lipinski definition) is 1. The maximum Gasteiger partial charge on any atom is 0.132 e. The summed E-state index contributed by atoms with van der Waals surface area (Å²) in [5, 5.41) is 8.81. The van der Waals surface area contributed by atoms with E-state index in [-0.39, 0.29) is 0 Å². The minimum absolute atomic E-state index is 0.438. The van der Waals surface area contributed by atoms with Gasteiger partial charge in [-0.1, -0.05) is 17.9 Å². The van der Waals surface area contributed by atoms with Crippen molar-refractivity contribution in [3.8, 4) is 11.8 Å². The van der Waals surface area contributed by atoms with Crippen molar-refractivity contribution in [3.05, 3.63) is 35.6 Å². The molecule has 12 heavy (non-hydrogen) atoms. The van der Waals surface area contributed by atoms with Crippen molar-refractivity contribution in [2.45, 2.75) is 13.0 Å².